The smallest absolute Gasteiger partial charge is 0.272 e. The number of halogens is 1. The summed E-state index contributed by atoms with van der Waals surface area (Å²) >= 11 is 0. The number of rotatable bonds is 5. The van der Waals surface area contributed by atoms with Gasteiger partial charge < -0.3 is 10.6 Å². The van der Waals surface area contributed by atoms with E-state index in [0.29, 0.717) is 11.1 Å². The number of amides is 1. The fourth-order valence-corrected chi connectivity index (χ4v) is 2.48. The van der Waals surface area contributed by atoms with Crippen molar-refractivity contribution in [2.45, 2.75) is 53.0 Å². The van der Waals surface area contributed by atoms with Gasteiger partial charge in [0.2, 0.25) is 0 Å². The van der Waals surface area contributed by atoms with Crippen molar-refractivity contribution in [3.8, 4) is 0 Å². The van der Waals surface area contributed by atoms with Gasteiger partial charge in [0.25, 0.3) is 5.91 Å². The molecule has 0 saturated carbocycles. The maximum atomic E-state index is 12.1. The van der Waals surface area contributed by atoms with Gasteiger partial charge in [0, 0.05) is 37.3 Å². The van der Waals surface area contributed by atoms with E-state index in [0.717, 1.165) is 50.2 Å². The van der Waals surface area contributed by atoms with E-state index >= 15 is 0 Å². The first kappa shape index (κ1) is 18.0. The summed E-state index contributed by atoms with van der Waals surface area (Å²) in [6, 6.07) is 0. The normalized spacial score (nSPS) is 14.2. The number of nitrogens with zero attached hydrogens (tertiary/aromatic N) is 1. The molecule has 1 aromatic heterocycles. The average Bonchev–Trinajstić information content (AvgIpc) is 2.80. The van der Waals surface area contributed by atoms with Crippen LogP contribution in [0.2, 0.25) is 0 Å². The summed E-state index contributed by atoms with van der Waals surface area (Å²) in [5.41, 5.74) is 3.06. The molecule has 2 rings (SSSR count). The average molecular weight is 315 g/mol. The Morgan fingerprint density at radius 1 is 1.33 bits per heavy atom. The monoisotopic (exact) mass is 314 g/mol. The van der Waals surface area contributed by atoms with Gasteiger partial charge in [-0.3, -0.25) is 9.89 Å². The number of carbonyl (C=O) groups is 1. The summed E-state index contributed by atoms with van der Waals surface area (Å²) in [5.74, 6) is -0.0537. The van der Waals surface area contributed by atoms with E-state index < -0.39 is 0 Å². The Morgan fingerprint density at radius 2 is 2.10 bits per heavy atom. The maximum Gasteiger partial charge on any atom is 0.272 e. The number of nitrogens with one attached hydrogen (secondary N) is 3. The Bertz CT molecular complexity index is 465. The number of H-pyrrole nitrogens is 1. The summed E-state index contributed by atoms with van der Waals surface area (Å²) in [5, 5.41) is 13.4. The highest BCUT2D eigenvalue weighted by atomic mass is 35.5. The van der Waals surface area contributed by atoms with Crippen molar-refractivity contribution in [1.29, 1.82) is 0 Å². The molecule has 0 aromatic carbocycles. The summed E-state index contributed by atoms with van der Waals surface area (Å²) in [7, 11) is 0. The lowest BCUT2D eigenvalue weighted by Gasteiger charge is -2.17. The fraction of sp³-hybridized carbons (Fsp3) is 0.733. The lowest BCUT2D eigenvalue weighted by atomic mass is 9.90. The minimum absolute atomic E-state index is 0. The molecule has 1 aliphatic rings. The second kappa shape index (κ2) is 7.80. The van der Waals surface area contributed by atoms with Crippen LogP contribution in [-0.4, -0.2) is 29.2 Å². The van der Waals surface area contributed by atoms with Crippen molar-refractivity contribution in [2.24, 2.45) is 5.41 Å². The van der Waals surface area contributed by atoms with Crippen LogP contribution in [0.25, 0.3) is 0 Å². The quantitative estimate of drug-likeness (QED) is 0.731. The SMILES string of the molecule is CC(C)(C)CCCCNC(=O)c1n[nH]c2c1CNCC2.Cl. The second-order valence-corrected chi connectivity index (χ2v) is 6.73. The van der Waals surface area contributed by atoms with E-state index in [9.17, 15) is 4.79 Å². The minimum atomic E-state index is -0.0537. The van der Waals surface area contributed by atoms with Crippen LogP contribution >= 0.6 is 12.4 Å². The molecule has 0 fully saturated rings. The van der Waals surface area contributed by atoms with E-state index in [4.69, 9.17) is 0 Å². The van der Waals surface area contributed by atoms with Gasteiger partial charge in [-0.15, -0.1) is 12.4 Å². The number of hydrogen-bond acceptors (Lipinski definition) is 3. The van der Waals surface area contributed by atoms with Crippen molar-refractivity contribution in [2.75, 3.05) is 13.1 Å². The third-order valence-electron chi connectivity index (χ3n) is 3.66. The summed E-state index contributed by atoms with van der Waals surface area (Å²) in [6.07, 6.45) is 4.27. The Labute approximate surface area is 133 Å². The molecule has 2 heterocycles. The van der Waals surface area contributed by atoms with Crippen LogP contribution in [0, 0.1) is 5.41 Å². The van der Waals surface area contributed by atoms with Crippen molar-refractivity contribution in [3.63, 3.8) is 0 Å². The molecule has 0 unspecified atom stereocenters. The maximum absolute atomic E-state index is 12.1. The molecule has 1 amide bonds. The molecule has 120 valence electrons. The molecule has 5 nitrogen and oxygen atoms in total. The predicted octanol–water partition coefficient (Wildman–Crippen LogP) is 2.42. The Hall–Kier alpha value is -1.07. The third kappa shape index (κ3) is 5.32. The molecule has 0 saturated heterocycles. The first-order chi connectivity index (χ1) is 9.47. The van der Waals surface area contributed by atoms with Crippen LogP contribution in [0.4, 0.5) is 0 Å². The zero-order valence-electron chi connectivity index (χ0n) is 13.2. The Morgan fingerprint density at radius 3 is 2.81 bits per heavy atom. The lowest BCUT2D eigenvalue weighted by molar-refractivity contribution is 0.0946. The molecule has 1 aliphatic heterocycles. The number of hydrogen-bond donors (Lipinski definition) is 3. The number of unbranched alkanes of at least 4 members (excludes halogenated alkanes) is 1. The minimum Gasteiger partial charge on any atom is -0.351 e. The Balaban J connectivity index is 0.00000220. The van der Waals surface area contributed by atoms with Gasteiger partial charge in [-0.25, -0.2) is 0 Å². The first-order valence-electron chi connectivity index (χ1n) is 7.52. The van der Waals surface area contributed by atoms with Crippen molar-refractivity contribution in [3.05, 3.63) is 17.0 Å². The lowest BCUT2D eigenvalue weighted by Crippen LogP contribution is -2.29. The summed E-state index contributed by atoms with van der Waals surface area (Å²) in [6.45, 7) is 9.14. The van der Waals surface area contributed by atoms with Gasteiger partial charge in [-0.2, -0.15) is 5.10 Å². The zero-order valence-corrected chi connectivity index (χ0v) is 14.0. The number of carbonyl (C=O) groups excluding carboxylic acids is 1. The van der Waals surface area contributed by atoms with Crippen molar-refractivity contribution in [1.82, 2.24) is 20.8 Å². The molecule has 0 bridgehead atoms. The van der Waals surface area contributed by atoms with Crippen LogP contribution in [0.5, 0.6) is 0 Å². The predicted molar refractivity (Wildman–Crippen MR) is 86.9 cm³/mol. The Kier molecular flexibility index (Phi) is 6.68. The van der Waals surface area contributed by atoms with Crippen molar-refractivity contribution >= 4 is 18.3 Å². The van der Waals surface area contributed by atoms with Gasteiger partial charge in [0.1, 0.15) is 0 Å². The standard InChI is InChI=1S/C15H26N4O.ClH/c1-15(2,3)7-4-5-8-17-14(20)13-11-10-16-9-6-12(11)18-19-13;/h16H,4-10H2,1-3H3,(H,17,20)(H,18,19);1H. The van der Waals surface area contributed by atoms with Crippen LogP contribution in [0.15, 0.2) is 0 Å². The van der Waals surface area contributed by atoms with E-state index in [1.807, 2.05) is 0 Å². The van der Waals surface area contributed by atoms with Crippen LogP contribution in [0.1, 0.15) is 61.8 Å². The molecule has 0 aliphatic carbocycles. The van der Waals surface area contributed by atoms with Crippen LogP contribution in [-0.2, 0) is 13.0 Å². The van der Waals surface area contributed by atoms with Crippen LogP contribution in [0.3, 0.4) is 0 Å². The summed E-state index contributed by atoms with van der Waals surface area (Å²) in [4.78, 5) is 12.1. The molecule has 6 heteroatoms. The molecule has 3 N–H and O–H groups in total. The van der Waals surface area contributed by atoms with Crippen molar-refractivity contribution < 1.29 is 4.79 Å². The van der Waals surface area contributed by atoms with Gasteiger partial charge in [0.15, 0.2) is 5.69 Å². The van der Waals surface area contributed by atoms with E-state index in [1.54, 1.807) is 0 Å². The van der Waals surface area contributed by atoms with Gasteiger partial charge in [-0.1, -0.05) is 27.2 Å². The highest BCUT2D eigenvalue weighted by Crippen LogP contribution is 2.21. The number of fused-ring (bicyclic) bond motifs is 1. The highest BCUT2D eigenvalue weighted by Gasteiger charge is 2.21. The third-order valence-corrected chi connectivity index (χ3v) is 3.66. The molecule has 21 heavy (non-hydrogen) atoms. The van der Waals surface area contributed by atoms with Gasteiger partial charge in [-0.05, 0) is 18.3 Å². The van der Waals surface area contributed by atoms with E-state index in [1.165, 1.54) is 6.42 Å². The largest absolute Gasteiger partial charge is 0.351 e. The van der Waals surface area contributed by atoms with Crippen LogP contribution < -0.4 is 10.6 Å². The van der Waals surface area contributed by atoms with Gasteiger partial charge in [0.05, 0.1) is 0 Å². The topological polar surface area (TPSA) is 69.8 Å². The fourth-order valence-electron chi connectivity index (χ4n) is 2.48. The van der Waals surface area contributed by atoms with E-state index in [2.05, 4.69) is 41.6 Å². The molecular weight excluding hydrogens is 288 g/mol. The molecule has 0 atom stereocenters. The zero-order chi connectivity index (χ0) is 14.6. The second-order valence-electron chi connectivity index (χ2n) is 6.73. The molecule has 0 spiro atoms. The molecule has 0 radical (unpaired) electrons. The number of aromatic nitrogens is 2. The molecule has 1 aromatic rings. The van der Waals surface area contributed by atoms with Gasteiger partial charge >= 0.3 is 0 Å². The summed E-state index contributed by atoms with van der Waals surface area (Å²) < 4.78 is 0. The number of aromatic amines is 1. The highest BCUT2D eigenvalue weighted by molar-refractivity contribution is 5.94. The molecular formula is C15H27ClN4O. The first-order valence-corrected chi connectivity index (χ1v) is 7.52. The van der Waals surface area contributed by atoms with E-state index in [-0.39, 0.29) is 18.3 Å².